The van der Waals surface area contributed by atoms with Gasteiger partial charge in [-0.05, 0) is 16.3 Å². The zero-order valence-electron chi connectivity index (χ0n) is 7.73. The Morgan fingerprint density at radius 3 is 2.21 bits per heavy atom. The third-order valence-corrected chi connectivity index (χ3v) is 2.32. The fraction of sp³-hybridized carbons (Fsp3) is 0. The molecule has 1 heteroatoms. The summed E-state index contributed by atoms with van der Waals surface area (Å²) in [7, 11) is 0. The Bertz CT molecular complexity index is 455. The van der Waals surface area contributed by atoms with Gasteiger partial charge in [0.25, 0.3) is 0 Å². The van der Waals surface area contributed by atoms with E-state index in [9.17, 15) is 4.79 Å². The van der Waals surface area contributed by atoms with Gasteiger partial charge in [0, 0.05) is 5.56 Å². The first-order valence-electron chi connectivity index (χ1n) is 4.46. The molecule has 0 radical (unpaired) electrons. The molecule has 0 saturated heterocycles. The second kappa shape index (κ2) is 3.46. The molecular formula is C13H10O. The molecule has 0 fully saturated rings. The summed E-state index contributed by atoms with van der Waals surface area (Å²) in [5, 5.41) is 2.06. The second-order valence-electron chi connectivity index (χ2n) is 3.11. The Morgan fingerprint density at radius 2 is 1.64 bits per heavy atom. The van der Waals surface area contributed by atoms with E-state index < -0.39 is 0 Å². The van der Waals surface area contributed by atoms with Crippen LogP contribution in [0.3, 0.4) is 0 Å². The van der Waals surface area contributed by atoms with Crippen LogP contribution in [0.1, 0.15) is 15.9 Å². The van der Waals surface area contributed by atoms with E-state index in [2.05, 4.69) is 6.58 Å². The first-order chi connectivity index (χ1) is 6.86. The van der Waals surface area contributed by atoms with Crippen molar-refractivity contribution in [1.29, 1.82) is 0 Å². The number of benzene rings is 2. The minimum atomic E-state index is 0.720. The number of aldehydes is 1. The number of hydrogen-bond acceptors (Lipinski definition) is 1. The van der Waals surface area contributed by atoms with Gasteiger partial charge in [-0.15, -0.1) is 0 Å². The summed E-state index contributed by atoms with van der Waals surface area (Å²) in [4.78, 5) is 10.9. The van der Waals surface area contributed by atoms with Gasteiger partial charge in [-0.2, -0.15) is 0 Å². The maximum absolute atomic E-state index is 10.9. The first kappa shape index (κ1) is 8.70. The van der Waals surface area contributed by atoms with Crippen molar-refractivity contribution in [3.05, 3.63) is 54.1 Å². The Hall–Kier alpha value is -1.89. The van der Waals surface area contributed by atoms with Crippen molar-refractivity contribution < 1.29 is 4.79 Å². The quantitative estimate of drug-likeness (QED) is 0.651. The molecule has 0 bridgehead atoms. The van der Waals surface area contributed by atoms with E-state index in [-0.39, 0.29) is 0 Å². The summed E-state index contributed by atoms with van der Waals surface area (Å²) >= 11 is 0. The summed E-state index contributed by atoms with van der Waals surface area (Å²) in [5.74, 6) is 0. The SMILES string of the molecule is C=Cc1cccc2cccc(C=O)c12. The summed E-state index contributed by atoms with van der Waals surface area (Å²) in [6.45, 7) is 3.74. The number of rotatable bonds is 2. The Balaban J connectivity index is 2.94. The van der Waals surface area contributed by atoms with Crippen LogP contribution in [0.5, 0.6) is 0 Å². The average molecular weight is 182 g/mol. The van der Waals surface area contributed by atoms with Crippen LogP contribution in [-0.4, -0.2) is 6.29 Å². The second-order valence-corrected chi connectivity index (χ2v) is 3.11. The van der Waals surface area contributed by atoms with Crippen LogP contribution in [0.2, 0.25) is 0 Å². The molecule has 0 amide bonds. The van der Waals surface area contributed by atoms with E-state index in [0.717, 1.165) is 28.2 Å². The molecule has 2 rings (SSSR count). The third kappa shape index (κ3) is 1.23. The van der Waals surface area contributed by atoms with Crippen LogP contribution >= 0.6 is 0 Å². The van der Waals surface area contributed by atoms with E-state index in [0.29, 0.717) is 0 Å². The smallest absolute Gasteiger partial charge is 0.150 e. The highest BCUT2D eigenvalue weighted by molar-refractivity contribution is 6.02. The minimum absolute atomic E-state index is 0.720. The molecule has 0 aliphatic rings. The fourth-order valence-electron chi connectivity index (χ4n) is 1.67. The average Bonchev–Trinajstić information content (AvgIpc) is 2.27. The van der Waals surface area contributed by atoms with Gasteiger partial charge in [0.2, 0.25) is 0 Å². The highest BCUT2D eigenvalue weighted by Crippen LogP contribution is 2.22. The molecule has 0 heterocycles. The predicted molar refractivity (Wildman–Crippen MR) is 59.4 cm³/mol. The zero-order chi connectivity index (χ0) is 9.97. The van der Waals surface area contributed by atoms with E-state index in [1.54, 1.807) is 6.08 Å². The van der Waals surface area contributed by atoms with Crippen molar-refractivity contribution >= 4 is 23.1 Å². The summed E-state index contributed by atoms with van der Waals surface area (Å²) in [5.41, 5.74) is 1.73. The molecule has 14 heavy (non-hydrogen) atoms. The topological polar surface area (TPSA) is 17.1 Å². The van der Waals surface area contributed by atoms with Gasteiger partial charge in [-0.25, -0.2) is 0 Å². The number of hydrogen-bond donors (Lipinski definition) is 0. The molecule has 0 aliphatic heterocycles. The maximum atomic E-state index is 10.9. The lowest BCUT2D eigenvalue weighted by Crippen LogP contribution is -1.85. The van der Waals surface area contributed by atoms with Crippen molar-refractivity contribution in [3.8, 4) is 0 Å². The highest BCUT2D eigenvalue weighted by atomic mass is 16.1. The van der Waals surface area contributed by atoms with Gasteiger partial charge >= 0.3 is 0 Å². The molecule has 68 valence electrons. The van der Waals surface area contributed by atoms with Gasteiger partial charge in [-0.3, -0.25) is 4.79 Å². The zero-order valence-corrected chi connectivity index (χ0v) is 7.73. The number of fused-ring (bicyclic) bond motifs is 1. The molecule has 0 spiro atoms. The summed E-state index contributed by atoms with van der Waals surface area (Å²) in [6, 6.07) is 11.6. The van der Waals surface area contributed by atoms with Gasteiger partial charge in [0.1, 0.15) is 0 Å². The molecule has 0 unspecified atom stereocenters. The molecule has 0 N–H and O–H groups in total. The van der Waals surface area contributed by atoms with Gasteiger partial charge in [0.05, 0.1) is 0 Å². The summed E-state index contributed by atoms with van der Waals surface area (Å²) in [6.07, 6.45) is 2.66. The largest absolute Gasteiger partial charge is 0.298 e. The van der Waals surface area contributed by atoms with Crippen LogP contribution in [0.4, 0.5) is 0 Å². The van der Waals surface area contributed by atoms with Gasteiger partial charge < -0.3 is 0 Å². The molecule has 2 aromatic rings. The van der Waals surface area contributed by atoms with Crippen LogP contribution in [-0.2, 0) is 0 Å². The number of carbonyl (C=O) groups excluding carboxylic acids is 1. The lowest BCUT2D eigenvalue weighted by atomic mass is 10.00. The first-order valence-corrected chi connectivity index (χ1v) is 4.46. The molecule has 0 atom stereocenters. The van der Waals surface area contributed by atoms with E-state index >= 15 is 0 Å². The van der Waals surface area contributed by atoms with Gasteiger partial charge in [-0.1, -0.05) is 49.1 Å². The number of carbonyl (C=O) groups is 1. The molecule has 2 aromatic carbocycles. The van der Waals surface area contributed by atoms with Crippen molar-refractivity contribution in [2.24, 2.45) is 0 Å². The van der Waals surface area contributed by atoms with E-state index in [1.807, 2.05) is 36.4 Å². The van der Waals surface area contributed by atoms with E-state index in [1.165, 1.54) is 0 Å². The Morgan fingerprint density at radius 1 is 1.00 bits per heavy atom. The molecule has 0 aromatic heterocycles. The van der Waals surface area contributed by atoms with Crippen molar-refractivity contribution in [1.82, 2.24) is 0 Å². The van der Waals surface area contributed by atoms with Crippen molar-refractivity contribution in [3.63, 3.8) is 0 Å². The normalized spacial score (nSPS) is 10.0. The van der Waals surface area contributed by atoms with Gasteiger partial charge in [0.15, 0.2) is 6.29 Å². The standard InChI is InChI=1S/C13H10O/c1-2-10-5-3-6-11-7-4-8-12(9-14)13(10)11/h2-9H,1H2. The lowest BCUT2D eigenvalue weighted by molar-refractivity contribution is 0.112. The predicted octanol–water partition coefficient (Wildman–Crippen LogP) is 3.30. The van der Waals surface area contributed by atoms with Crippen LogP contribution < -0.4 is 0 Å². The molecule has 0 aliphatic carbocycles. The highest BCUT2D eigenvalue weighted by Gasteiger charge is 2.02. The van der Waals surface area contributed by atoms with Crippen molar-refractivity contribution in [2.45, 2.75) is 0 Å². The third-order valence-electron chi connectivity index (χ3n) is 2.32. The molecule has 0 saturated carbocycles. The molecule has 1 nitrogen and oxygen atoms in total. The summed E-state index contributed by atoms with van der Waals surface area (Å²) < 4.78 is 0. The Labute approximate surface area is 82.7 Å². The monoisotopic (exact) mass is 182 g/mol. The van der Waals surface area contributed by atoms with Crippen LogP contribution in [0.15, 0.2) is 43.0 Å². The van der Waals surface area contributed by atoms with Crippen molar-refractivity contribution in [2.75, 3.05) is 0 Å². The Kier molecular flexibility index (Phi) is 2.15. The lowest BCUT2D eigenvalue weighted by Gasteiger charge is -2.04. The minimum Gasteiger partial charge on any atom is -0.298 e. The maximum Gasteiger partial charge on any atom is 0.150 e. The fourth-order valence-corrected chi connectivity index (χ4v) is 1.67. The van der Waals surface area contributed by atoms with Crippen LogP contribution in [0.25, 0.3) is 16.8 Å². The molecular weight excluding hydrogens is 172 g/mol. The van der Waals surface area contributed by atoms with Crippen LogP contribution in [0, 0.1) is 0 Å². The van der Waals surface area contributed by atoms with E-state index in [4.69, 9.17) is 0 Å².